The van der Waals surface area contributed by atoms with Gasteiger partial charge in [0.15, 0.2) is 0 Å². The van der Waals surface area contributed by atoms with Crippen LogP contribution in [0.3, 0.4) is 0 Å². The van der Waals surface area contributed by atoms with Gasteiger partial charge in [0.2, 0.25) is 5.91 Å². The van der Waals surface area contributed by atoms with E-state index in [-0.39, 0.29) is 18.9 Å². The van der Waals surface area contributed by atoms with Gasteiger partial charge in [0, 0.05) is 17.8 Å². The van der Waals surface area contributed by atoms with Gasteiger partial charge < -0.3 is 15.4 Å². The number of ether oxygens (including phenoxy) is 1. The molecule has 0 fully saturated rings. The number of nitrogens with one attached hydrogen (secondary N) is 2. The van der Waals surface area contributed by atoms with Crippen molar-refractivity contribution in [3.8, 4) is 5.69 Å². The van der Waals surface area contributed by atoms with Crippen molar-refractivity contribution in [1.29, 1.82) is 0 Å². The highest BCUT2D eigenvalue weighted by atomic mass is 35.5. The van der Waals surface area contributed by atoms with Crippen molar-refractivity contribution in [1.82, 2.24) is 20.4 Å². The SMILES string of the molecule is Cc1nn(-c2ccc(Cl)c(Cl)c2)c(C)c1CC(=O)NC(C)(C)CNC(=O)OC(C)(C)C. The van der Waals surface area contributed by atoms with E-state index in [0.717, 1.165) is 22.6 Å². The lowest BCUT2D eigenvalue weighted by Crippen LogP contribution is -2.52. The van der Waals surface area contributed by atoms with Crippen molar-refractivity contribution in [3.05, 3.63) is 45.2 Å². The molecule has 1 aromatic carbocycles. The number of nitrogens with zero attached hydrogens (tertiary/aromatic N) is 2. The molecular formula is C22H30Cl2N4O3. The van der Waals surface area contributed by atoms with E-state index >= 15 is 0 Å². The standard InChI is InChI=1S/C22H30Cl2N4O3/c1-13-16(14(2)28(27-13)15-8-9-17(23)18(24)10-15)11-19(29)26-22(6,7)12-25-20(30)31-21(3,4)5/h8-10H,11-12H2,1-7H3,(H,25,30)(H,26,29). The van der Waals surface area contributed by atoms with Crippen LogP contribution in [0.1, 0.15) is 51.6 Å². The van der Waals surface area contributed by atoms with Crippen LogP contribution >= 0.6 is 23.2 Å². The first-order chi connectivity index (χ1) is 14.2. The van der Waals surface area contributed by atoms with Gasteiger partial charge in [0.25, 0.3) is 0 Å². The van der Waals surface area contributed by atoms with Crippen LogP contribution < -0.4 is 10.6 Å². The lowest BCUT2D eigenvalue weighted by atomic mass is 10.0. The molecule has 2 N–H and O–H groups in total. The maximum absolute atomic E-state index is 12.7. The number of halogens is 2. The van der Waals surface area contributed by atoms with Crippen LogP contribution in [0, 0.1) is 13.8 Å². The summed E-state index contributed by atoms with van der Waals surface area (Å²) in [5, 5.41) is 11.1. The van der Waals surface area contributed by atoms with E-state index in [2.05, 4.69) is 15.7 Å². The third-order valence-electron chi connectivity index (χ3n) is 4.48. The number of carbonyl (C=O) groups is 2. The minimum absolute atomic E-state index is 0.162. The number of aromatic nitrogens is 2. The minimum atomic E-state index is -0.657. The Morgan fingerprint density at radius 3 is 2.32 bits per heavy atom. The summed E-state index contributed by atoms with van der Waals surface area (Å²) in [4.78, 5) is 24.6. The van der Waals surface area contributed by atoms with Crippen molar-refractivity contribution in [2.45, 2.75) is 66.0 Å². The highest BCUT2D eigenvalue weighted by Gasteiger charge is 2.25. The summed E-state index contributed by atoms with van der Waals surface area (Å²) in [6.45, 7) is 13.0. The van der Waals surface area contributed by atoms with Crippen LogP contribution in [0.2, 0.25) is 10.0 Å². The zero-order valence-corrected chi connectivity index (χ0v) is 20.5. The van der Waals surface area contributed by atoms with Crippen molar-refractivity contribution in [2.75, 3.05) is 6.54 Å². The van der Waals surface area contributed by atoms with Crippen molar-refractivity contribution < 1.29 is 14.3 Å². The molecule has 1 aromatic heterocycles. The van der Waals surface area contributed by atoms with Gasteiger partial charge >= 0.3 is 6.09 Å². The summed E-state index contributed by atoms with van der Waals surface area (Å²) in [6, 6.07) is 5.27. The fraction of sp³-hybridized carbons (Fsp3) is 0.500. The molecule has 0 spiro atoms. The lowest BCUT2D eigenvalue weighted by Gasteiger charge is -2.28. The molecule has 0 saturated carbocycles. The molecule has 9 heteroatoms. The number of hydrogen-bond acceptors (Lipinski definition) is 4. The van der Waals surface area contributed by atoms with Gasteiger partial charge in [-0.15, -0.1) is 0 Å². The Hall–Kier alpha value is -2.25. The number of amides is 2. The second kappa shape index (κ2) is 9.49. The minimum Gasteiger partial charge on any atom is -0.444 e. The molecule has 2 amide bonds. The largest absolute Gasteiger partial charge is 0.444 e. The quantitative estimate of drug-likeness (QED) is 0.639. The molecule has 0 saturated heterocycles. The van der Waals surface area contributed by atoms with Gasteiger partial charge in [-0.1, -0.05) is 23.2 Å². The Morgan fingerprint density at radius 2 is 1.74 bits per heavy atom. The zero-order valence-electron chi connectivity index (χ0n) is 19.0. The van der Waals surface area contributed by atoms with E-state index in [1.54, 1.807) is 37.6 Å². The molecule has 170 valence electrons. The third kappa shape index (κ3) is 7.14. The van der Waals surface area contributed by atoms with Gasteiger partial charge in [0.05, 0.1) is 33.4 Å². The molecular weight excluding hydrogens is 439 g/mol. The zero-order chi connectivity index (χ0) is 23.6. The molecule has 2 aromatic rings. The molecule has 0 aliphatic heterocycles. The highest BCUT2D eigenvalue weighted by molar-refractivity contribution is 6.42. The van der Waals surface area contributed by atoms with E-state index in [0.29, 0.717) is 10.0 Å². The smallest absolute Gasteiger partial charge is 0.407 e. The summed E-state index contributed by atoms with van der Waals surface area (Å²) < 4.78 is 6.98. The van der Waals surface area contributed by atoms with E-state index in [9.17, 15) is 9.59 Å². The molecule has 2 rings (SSSR count). The predicted molar refractivity (Wildman–Crippen MR) is 123 cm³/mol. The number of carbonyl (C=O) groups excluding carboxylic acids is 2. The normalized spacial score (nSPS) is 11.9. The summed E-state index contributed by atoms with van der Waals surface area (Å²) in [7, 11) is 0. The van der Waals surface area contributed by atoms with Crippen LogP contribution in [0.15, 0.2) is 18.2 Å². The first-order valence-corrected chi connectivity index (χ1v) is 10.7. The molecule has 0 unspecified atom stereocenters. The number of aryl methyl sites for hydroxylation is 1. The second-order valence-electron chi connectivity index (χ2n) is 9.12. The highest BCUT2D eigenvalue weighted by Crippen LogP contribution is 2.26. The average molecular weight is 469 g/mol. The van der Waals surface area contributed by atoms with Gasteiger partial charge in [-0.2, -0.15) is 5.10 Å². The maximum atomic E-state index is 12.7. The molecule has 0 aliphatic rings. The van der Waals surface area contributed by atoms with Crippen LogP contribution in [0.5, 0.6) is 0 Å². The first kappa shape index (κ1) is 25.0. The molecule has 7 nitrogen and oxygen atoms in total. The topological polar surface area (TPSA) is 85.3 Å². The van der Waals surface area contributed by atoms with Crippen LogP contribution in [0.25, 0.3) is 5.69 Å². The van der Waals surface area contributed by atoms with Crippen molar-refractivity contribution >= 4 is 35.2 Å². The van der Waals surface area contributed by atoms with E-state index < -0.39 is 17.2 Å². The Kier molecular flexibility index (Phi) is 7.66. The first-order valence-electron chi connectivity index (χ1n) is 9.97. The second-order valence-corrected chi connectivity index (χ2v) is 9.94. The molecule has 31 heavy (non-hydrogen) atoms. The van der Waals surface area contributed by atoms with Crippen molar-refractivity contribution in [2.24, 2.45) is 0 Å². The number of hydrogen-bond donors (Lipinski definition) is 2. The molecule has 0 bridgehead atoms. The molecule has 1 heterocycles. The summed E-state index contributed by atoms with van der Waals surface area (Å²) in [6.07, 6.45) is -0.362. The predicted octanol–water partition coefficient (Wildman–Crippen LogP) is 4.76. The fourth-order valence-corrected chi connectivity index (χ4v) is 3.33. The number of alkyl carbamates (subject to hydrolysis) is 1. The average Bonchev–Trinajstić information content (AvgIpc) is 2.89. The van der Waals surface area contributed by atoms with Gasteiger partial charge in [0.1, 0.15) is 5.60 Å². The Morgan fingerprint density at radius 1 is 1.10 bits per heavy atom. The molecule has 0 radical (unpaired) electrons. The van der Waals surface area contributed by atoms with Crippen molar-refractivity contribution in [3.63, 3.8) is 0 Å². The van der Waals surface area contributed by atoms with Crippen LogP contribution in [-0.2, 0) is 16.0 Å². The Labute approximate surface area is 193 Å². The summed E-state index contributed by atoms with van der Waals surface area (Å²) in [5.74, 6) is -0.170. The van der Waals surface area contributed by atoms with E-state index in [1.165, 1.54) is 0 Å². The lowest BCUT2D eigenvalue weighted by molar-refractivity contribution is -0.122. The summed E-state index contributed by atoms with van der Waals surface area (Å²) >= 11 is 12.1. The summed E-state index contributed by atoms with van der Waals surface area (Å²) in [5.41, 5.74) is 1.96. The number of rotatable bonds is 6. The molecule has 0 atom stereocenters. The third-order valence-corrected chi connectivity index (χ3v) is 5.22. The van der Waals surface area contributed by atoms with Crippen LogP contribution in [0.4, 0.5) is 4.79 Å². The van der Waals surface area contributed by atoms with Gasteiger partial charge in [-0.05, 0) is 66.7 Å². The van der Waals surface area contributed by atoms with Crippen LogP contribution in [-0.4, -0.2) is 39.5 Å². The fourth-order valence-electron chi connectivity index (χ4n) is 3.03. The monoisotopic (exact) mass is 468 g/mol. The van der Waals surface area contributed by atoms with Gasteiger partial charge in [-0.25, -0.2) is 9.48 Å². The molecule has 0 aliphatic carbocycles. The maximum Gasteiger partial charge on any atom is 0.407 e. The van der Waals surface area contributed by atoms with E-state index in [1.807, 2.05) is 33.8 Å². The van der Waals surface area contributed by atoms with E-state index in [4.69, 9.17) is 27.9 Å². The Balaban J connectivity index is 2.05. The van der Waals surface area contributed by atoms with Gasteiger partial charge in [-0.3, -0.25) is 4.79 Å². The Bertz CT molecular complexity index is 978. The number of benzene rings is 1.